The predicted molar refractivity (Wildman–Crippen MR) is 120 cm³/mol. The summed E-state index contributed by atoms with van der Waals surface area (Å²) < 4.78 is 0. The topological polar surface area (TPSA) is 258 Å². The molecule has 0 fully saturated rings. The number of carboxylic acid groups (broad SMARTS) is 1. The minimum absolute atomic E-state index is 0.0189. The van der Waals surface area contributed by atoms with Gasteiger partial charge in [-0.3, -0.25) is 29.0 Å². The molecule has 188 valence electrons. The number of nitrogens with one attached hydrogen (secondary N) is 3. The third kappa shape index (κ3) is 12.9. The van der Waals surface area contributed by atoms with Gasteiger partial charge in [-0.15, -0.1) is 0 Å². The third-order valence-corrected chi connectivity index (χ3v) is 4.41. The van der Waals surface area contributed by atoms with Crippen LogP contribution < -0.4 is 38.9 Å². The Bertz CT molecular complexity index is 738. The van der Waals surface area contributed by atoms with Gasteiger partial charge in [-0.05, 0) is 32.1 Å². The first-order valence-electron chi connectivity index (χ1n) is 10.5. The quantitative estimate of drug-likeness (QED) is 0.0678. The largest absolute Gasteiger partial charge is 0.480 e. The molecule has 0 aromatic carbocycles. The fourth-order valence-electron chi connectivity index (χ4n) is 2.71. The van der Waals surface area contributed by atoms with Crippen LogP contribution in [0.1, 0.15) is 46.5 Å². The lowest BCUT2D eigenvalue weighted by Crippen LogP contribution is -2.57. The third-order valence-electron chi connectivity index (χ3n) is 4.41. The average molecular weight is 473 g/mol. The van der Waals surface area contributed by atoms with Gasteiger partial charge in [-0.2, -0.15) is 0 Å². The highest BCUT2D eigenvalue weighted by Gasteiger charge is 2.29. The van der Waals surface area contributed by atoms with Gasteiger partial charge >= 0.3 is 5.97 Å². The molecule has 4 atom stereocenters. The summed E-state index contributed by atoms with van der Waals surface area (Å²) in [6.45, 7) is 5.11. The van der Waals surface area contributed by atoms with Crippen LogP contribution in [0.2, 0.25) is 0 Å². The summed E-state index contributed by atoms with van der Waals surface area (Å²) in [4.78, 5) is 63.7. The smallest absolute Gasteiger partial charge is 0.325 e. The Balaban J connectivity index is 5.45. The molecule has 0 radical (unpaired) electrons. The SMILES string of the molecule is CC(C)CC(NC(=O)C(N)CC(N)=O)C(=O)NC(CCCN=C(N)N)C(=O)NC(C)C(=O)O. The second-order valence-corrected chi connectivity index (χ2v) is 8.05. The number of aliphatic imine (C=N–C) groups is 1. The van der Waals surface area contributed by atoms with E-state index in [1.807, 2.05) is 13.8 Å². The molecule has 0 aliphatic carbocycles. The van der Waals surface area contributed by atoms with Crippen LogP contribution >= 0.6 is 0 Å². The first-order valence-corrected chi connectivity index (χ1v) is 10.5. The lowest BCUT2D eigenvalue weighted by molar-refractivity contribution is -0.141. The van der Waals surface area contributed by atoms with Crippen molar-refractivity contribution in [3.63, 3.8) is 0 Å². The van der Waals surface area contributed by atoms with E-state index in [1.54, 1.807) is 0 Å². The Morgan fingerprint density at radius 3 is 1.91 bits per heavy atom. The van der Waals surface area contributed by atoms with Crippen LogP contribution in [0.5, 0.6) is 0 Å². The van der Waals surface area contributed by atoms with Crippen LogP contribution in [0.15, 0.2) is 4.99 Å². The van der Waals surface area contributed by atoms with Gasteiger partial charge in [0, 0.05) is 6.54 Å². The second kappa shape index (κ2) is 14.6. The van der Waals surface area contributed by atoms with Gasteiger partial charge < -0.3 is 44.0 Å². The fraction of sp³-hybridized carbons (Fsp3) is 0.684. The Labute approximate surface area is 192 Å². The van der Waals surface area contributed by atoms with E-state index in [4.69, 9.17) is 28.0 Å². The van der Waals surface area contributed by atoms with Crippen molar-refractivity contribution in [2.75, 3.05) is 6.54 Å². The number of primary amides is 1. The number of hydrogen-bond donors (Lipinski definition) is 8. The Morgan fingerprint density at radius 2 is 1.42 bits per heavy atom. The van der Waals surface area contributed by atoms with Gasteiger partial charge in [0.25, 0.3) is 0 Å². The molecule has 0 aromatic heterocycles. The summed E-state index contributed by atoms with van der Waals surface area (Å²) in [6, 6.07) is -4.59. The van der Waals surface area contributed by atoms with Crippen LogP contribution in [-0.2, 0) is 24.0 Å². The van der Waals surface area contributed by atoms with Gasteiger partial charge in [0.15, 0.2) is 5.96 Å². The number of rotatable bonds is 15. The van der Waals surface area contributed by atoms with Crippen molar-refractivity contribution >= 4 is 35.6 Å². The van der Waals surface area contributed by atoms with E-state index in [0.717, 1.165) is 0 Å². The van der Waals surface area contributed by atoms with Gasteiger partial charge in [-0.1, -0.05) is 13.8 Å². The molecule has 0 spiro atoms. The molecule has 14 heteroatoms. The molecule has 12 N–H and O–H groups in total. The molecular formula is C19H36N8O6. The van der Waals surface area contributed by atoms with Crippen molar-refractivity contribution < 1.29 is 29.1 Å². The van der Waals surface area contributed by atoms with Crippen molar-refractivity contribution in [3.8, 4) is 0 Å². The van der Waals surface area contributed by atoms with E-state index >= 15 is 0 Å². The summed E-state index contributed by atoms with van der Waals surface area (Å²) in [5, 5.41) is 16.3. The normalized spacial score (nSPS) is 14.3. The number of hydrogen-bond acceptors (Lipinski definition) is 7. The molecule has 0 aliphatic rings. The highest BCUT2D eigenvalue weighted by Crippen LogP contribution is 2.08. The lowest BCUT2D eigenvalue weighted by Gasteiger charge is -2.25. The standard InChI is InChI=1S/C19H36N8O6/c1-9(2)7-13(27-15(29)11(20)8-14(21)28)17(31)26-12(5-4-6-24-19(22)23)16(30)25-10(3)18(32)33/h9-13H,4-8,20H2,1-3H3,(H2,21,28)(H,25,30)(H,26,31)(H,27,29)(H,32,33)(H4,22,23,24). The number of carbonyl (C=O) groups excluding carboxylic acids is 4. The van der Waals surface area contributed by atoms with Gasteiger partial charge in [0.2, 0.25) is 23.6 Å². The molecule has 4 unspecified atom stereocenters. The lowest BCUT2D eigenvalue weighted by atomic mass is 10.0. The van der Waals surface area contributed by atoms with Crippen LogP contribution in [0.4, 0.5) is 0 Å². The molecular weight excluding hydrogens is 436 g/mol. The van der Waals surface area contributed by atoms with Gasteiger partial charge in [0.1, 0.15) is 18.1 Å². The number of amides is 4. The van der Waals surface area contributed by atoms with Crippen LogP contribution in [0, 0.1) is 5.92 Å². The van der Waals surface area contributed by atoms with Crippen molar-refractivity contribution in [1.82, 2.24) is 16.0 Å². The molecule has 0 saturated heterocycles. The summed E-state index contributed by atoms with van der Waals surface area (Å²) in [6.07, 6.45) is 0.228. The Morgan fingerprint density at radius 1 is 0.879 bits per heavy atom. The van der Waals surface area contributed by atoms with Gasteiger partial charge in [-0.25, -0.2) is 0 Å². The average Bonchev–Trinajstić information content (AvgIpc) is 2.68. The zero-order valence-corrected chi connectivity index (χ0v) is 19.2. The summed E-state index contributed by atoms with van der Waals surface area (Å²) in [7, 11) is 0. The van der Waals surface area contributed by atoms with E-state index < -0.39 is 60.2 Å². The summed E-state index contributed by atoms with van der Waals surface area (Å²) in [5.41, 5.74) is 21.2. The number of carboxylic acids is 1. The molecule has 14 nitrogen and oxygen atoms in total. The van der Waals surface area contributed by atoms with E-state index in [1.165, 1.54) is 6.92 Å². The number of nitrogens with zero attached hydrogens (tertiary/aromatic N) is 1. The molecule has 0 aliphatic heterocycles. The molecule has 0 rings (SSSR count). The first kappa shape index (κ1) is 29.6. The summed E-state index contributed by atoms with van der Waals surface area (Å²) in [5.74, 6) is -4.31. The maximum atomic E-state index is 12.9. The van der Waals surface area contributed by atoms with E-state index in [-0.39, 0.29) is 31.3 Å². The molecule has 33 heavy (non-hydrogen) atoms. The maximum Gasteiger partial charge on any atom is 0.325 e. The van der Waals surface area contributed by atoms with Crippen molar-refractivity contribution in [2.24, 2.45) is 33.8 Å². The highest BCUT2D eigenvalue weighted by atomic mass is 16.4. The van der Waals surface area contributed by atoms with Crippen molar-refractivity contribution in [2.45, 2.75) is 70.6 Å². The van der Waals surface area contributed by atoms with Gasteiger partial charge in [0.05, 0.1) is 12.5 Å². The zero-order valence-electron chi connectivity index (χ0n) is 19.2. The van der Waals surface area contributed by atoms with E-state index in [9.17, 15) is 24.0 Å². The summed E-state index contributed by atoms with van der Waals surface area (Å²) >= 11 is 0. The molecule has 4 amide bonds. The van der Waals surface area contributed by atoms with Crippen LogP contribution in [0.25, 0.3) is 0 Å². The first-order chi connectivity index (χ1) is 15.2. The van der Waals surface area contributed by atoms with Crippen molar-refractivity contribution in [3.05, 3.63) is 0 Å². The van der Waals surface area contributed by atoms with Crippen molar-refractivity contribution in [1.29, 1.82) is 0 Å². The Kier molecular flexibility index (Phi) is 13.1. The molecule has 0 saturated carbocycles. The number of carbonyl (C=O) groups is 5. The second-order valence-electron chi connectivity index (χ2n) is 8.05. The van der Waals surface area contributed by atoms with Crippen LogP contribution in [-0.4, -0.2) is 71.4 Å². The molecule has 0 aromatic rings. The number of guanidine groups is 1. The molecule has 0 bridgehead atoms. The zero-order chi connectivity index (χ0) is 25.7. The highest BCUT2D eigenvalue weighted by molar-refractivity contribution is 5.94. The number of aliphatic carboxylic acids is 1. The molecule has 0 heterocycles. The van der Waals surface area contributed by atoms with E-state index in [2.05, 4.69) is 20.9 Å². The van der Waals surface area contributed by atoms with E-state index in [0.29, 0.717) is 6.42 Å². The minimum Gasteiger partial charge on any atom is -0.480 e. The fourth-order valence-corrected chi connectivity index (χ4v) is 2.71. The number of nitrogens with two attached hydrogens (primary N) is 4. The maximum absolute atomic E-state index is 12.9. The minimum atomic E-state index is -1.25. The van der Waals surface area contributed by atoms with Crippen LogP contribution in [0.3, 0.4) is 0 Å². The monoisotopic (exact) mass is 472 g/mol. The predicted octanol–water partition coefficient (Wildman–Crippen LogP) is -3.15. The Hall–Kier alpha value is -3.42.